The highest BCUT2D eigenvalue weighted by atomic mass is 16.5. The molecule has 3 N–H and O–H groups in total. The Balaban J connectivity index is 1.53. The van der Waals surface area contributed by atoms with Crippen LogP contribution in [0.15, 0.2) is 84.9 Å². The summed E-state index contributed by atoms with van der Waals surface area (Å²) in [6.07, 6.45) is -0.779. The molecule has 0 radical (unpaired) electrons. The maximum Gasteiger partial charge on any atom is 0.319 e. The van der Waals surface area contributed by atoms with Crippen LogP contribution < -0.4 is 15.4 Å². The van der Waals surface area contributed by atoms with Gasteiger partial charge >= 0.3 is 6.03 Å². The van der Waals surface area contributed by atoms with Crippen molar-refractivity contribution in [2.75, 3.05) is 5.32 Å². The maximum absolute atomic E-state index is 12.2. The Morgan fingerprint density at radius 1 is 0.852 bits per heavy atom. The number of rotatable bonds is 6. The van der Waals surface area contributed by atoms with Gasteiger partial charge in [-0.2, -0.15) is 0 Å². The van der Waals surface area contributed by atoms with Gasteiger partial charge in [-0.25, -0.2) is 4.79 Å². The second-order valence-corrected chi connectivity index (χ2v) is 6.18. The molecule has 3 aromatic carbocycles. The Morgan fingerprint density at radius 2 is 1.41 bits per heavy atom. The van der Waals surface area contributed by atoms with E-state index in [1.165, 1.54) is 0 Å². The maximum atomic E-state index is 12.2. The van der Waals surface area contributed by atoms with Crippen LogP contribution in [-0.4, -0.2) is 17.2 Å². The van der Waals surface area contributed by atoms with E-state index in [2.05, 4.69) is 10.6 Å². The number of nitrogens with one attached hydrogen (secondary N) is 2. The van der Waals surface area contributed by atoms with Crippen LogP contribution in [0.3, 0.4) is 0 Å². The number of carbonyl (C=O) groups excluding carboxylic acids is 1. The third kappa shape index (κ3) is 5.33. The lowest BCUT2D eigenvalue weighted by Gasteiger charge is -2.21. The quantitative estimate of drug-likeness (QED) is 0.594. The predicted molar refractivity (Wildman–Crippen MR) is 106 cm³/mol. The van der Waals surface area contributed by atoms with Crippen LogP contribution in [0.5, 0.6) is 11.5 Å². The van der Waals surface area contributed by atoms with E-state index in [4.69, 9.17) is 4.74 Å². The summed E-state index contributed by atoms with van der Waals surface area (Å²) in [6.45, 7) is 1.76. The van der Waals surface area contributed by atoms with Crippen LogP contribution in [0.4, 0.5) is 10.5 Å². The van der Waals surface area contributed by atoms with Gasteiger partial charge in [0.2, 0.25) is 0 Å². The van der Waals surface area contributed by atoms with Crippen LogP contribution in [-0.2, 0) is 0 Å². The van der Waals surface area contributed by atoms with E-state index < -0.39 is 12.1 Å². The van der Waals surface area contributed by atoms with Gasteiger partial charge in [0.15, 0.2) is 0 Å². The number of aliphatic hydroxyl groups is 1. The van der Waals surface area contributed by atoms with Gasteiger partial charge in [0.25, 0.3) is 0 Å². The molecule has 0 saturated carbocycles. The largest absolute Gasteiger partial charge is 0.457 e. The van der Waals surface area contributed by atoms with Gasteiger partial charge in [-0.1, -0.05) is 48.5 Å². The molecule has 0 heterocycles. The number of ether oxygens (including phenoxy) is 1. The minimum absolute atomic E-state index is 0.380. The van der Waals surface area contributed by atoms with E-state index in [1.807, 2.05) is 60.7 Å². The Morgan fingerprint density at radius 3 is 2.04 bits per heavy atom. The Kier molecular flexibility index (Phi) is 6.07. The lowest BCUT2D eigenvalue weighted by Crippen LogP contribution is -2.39. The summed E-state index contributed by atoms with van der Waals surface area (Å²) in [7, 11) is 0. The third-order valence-corrected chi connectivity index (χ3v) is 4.06. The molecular formula is C22H22N2O3. The lowest BCUT2D eigenvalue weighted by molar-refractivity contribution is 0.139. The van der Waals surface area contributed by atoms with Crippen LogP contribution in [0.1, 0.15) is 18.6 Å². The van der Waals surface area contributed by atoms with E-state index in [0.29, 0.717) is 11.4 Å². The molecule has 0 unspecified atom stereocenters. The second-order valence-electron chi connectivity index (χ2n) is 6.18. The zero-order valence-electron chi connectivity index (χ0n) is 15.0. The highest BCUT2D eigenvalue weighted by Gasteiger charge is 2.18. The fourth-order valence-electron chi connectivity index (χ4n) is 2.62. The van der Waals surface area contributed by atoms with Gasteiger partial charge in [-0.3, -0.25) is 0 Å². The van der Waals surface area contributed by atoms with Crippen molar-refractivity contribution in [2.24, 2.45) is 0 Å². The van der Waals surface area contributed by atoms with Crippen molar-refractivity contribution < 1.29 is 14.6 Å². The fourth-order valence-corrected chi connectivity index (χ4v) is 2.62. The SMILES string of the molecule is C[C@@H](NC(=O)Nc1ccc(Oc2ccccc2)cc1)[C@@H](O)c1ccccc1. The molecule has 2 atom stereocenters. The van der Waals surface area contributed by atoms with Crippen molar-refractivity contribution in [3.8, 4) is 11.5 Å². The van der Waals surface area contributed by atoms with Crippen molar-refractivity contribution in [3.05, 3.63) is 90.5 Å². The lowest BCUT2D eigenvalue weighted by atomic mass is 10.0. The molecule has 138 valence electrons. The molecule has 3 rings (SSSR count). The predicted octanol–water partition coefficient (Wildman–Crippen LogP) is 4.72. The van der Waals surface area contributed by atoms with Gasteiger partial charge in [-0.15, -0.1) is 0 Å². The standard InChI is InChI=1S/C22H22N2O3/c1-16(21(25)17-8-4-2-5-9-17)23-22(26)24-18-12-14-20(15-13-18)27-19-10-6-3-7-11-19/h2-16,21,25H,1H3,(H2,23,24,26)/t16-,21-/m1/s1. The summed E-state index contributed by atoms with van der Waals surface area (Å²) in [5.41, 5.74) is 1.39. The first-order chi connectivity index (χ1) is 13.1. The summed E-state index contributed by atoms with van der Waals surface area (Å²) in [4.78, 5) is 12.2. The second kappa shape index (κ2) is 8.87. The molecule has 27 heavy (non-hydrogen) atoms. The zero-order chi connectivity index (χ0) is 19.1. The molecule has 0 bridgehead atoms. The molecule has 0 aliphatic heterocycles. The summed E-state index contributed by atoms with van der Waals surface area (Å²) >= 11 is 0. The first-order valence-corrected chi connectivity index (χ1v) is 8.75. The number of para-hydroxylation sites is 1. The number of hydrogen-bond donors (Lipinski definition) is 3. The zero-order valence-corrected chi connectivity index (χ0v) is 15.0. The average molecular weight is 362 g/mol. The Labute approximate surface area is 158 Å². The third-order valence-electron chi connectivity index (χ3n) is 4.06. The van der Waals surface area contributed by atoms with Crippen molar-refractivity contribution in [2.45, 2.75) is 19.1 Å². The van der Waals surface area contributed by atoms with Gasteiger partial charge < -0.3 is 20.5 Å². The van der Waals surface area contributed by atoms with Crippen LogP contribution in [0, 0.1) is 0 Å². The molecule has 0 spiro atoms. The normalized spacial score (nSPS) is 12.7. The van der Waals surface area contributed by atoms with Crippen molar-refractivity contribution in [3.63, 3.8) is 0 Å². The summed E-state index contributed by atoms with van der Waals surface area (Å²) < 4.78 is 5.72. The highest BCUT2D eigenvalue weighted by Crippen LogP contribution is 2.22. The number of anilines is 1. The summed E-state index contributed by atoms with van der Waals surface area (Å²) in [6, 6.07) is 25.0. The number of hydrogen-bond acceptors (Lipinski definition) is 3. The van der Waals surface area contributed by atoms with Crippen LogP contribution in [0.25, 0.3) is 0 Å². The van der Waals surface area contributed by atoms with E-state index in [0.717, 1.165) is 11.3 Å². The number of urea groups is 1. The monoisotopic (exact) mass is 362 g/mol. The van der Waals surface area contributed by atoms with Gasteiger partial charge in [0, 0.05) is 5.69 Å². The van der Waals surface area contributed by atoms with Gasteiger partial charge in [0.05, 0.1) is 12.1 Å². The molecule has 5 nitrogen and oxygen atoms in total. The first kappa shape index (κ1) is 18.5. The molecule has 2 amide bonds. The van der Waals surface area contributed by atoms with E-state index in [9.17, 15) is 9.90 Å². The van der Waals surface area contributed by atoms with E-state index in [1.54, 1.807) is 31.2 Å². The summed E-state index contributed by atoms with van der Waals surface area (Å²) in [5.74, 6) is 1.43. The molecule has 0 aliphatic carbocycles. The highest BCUT2D eigenvalue weighted by molar-refractivity contribution is 5.89. The van der Waals surface area contributed by atoms with Crippen LogP contribution >= 0.6 is 0 Å². The molecule has 0 aromatic heterocycles. The van der Waals surface area contributed by atoms with E-state index >= 15 is 0 Å². The first-order valence-electron chi connectivity index (χ1n) is 8.75. The molecule has 5 heteroatoms. The number of benzene rings is 3. The van der Waals surface area contributed by atoms with Crippen molar-refractivity contribution in [1.82, 2.24) is 5.32 Å². The fraction of sp³-hybridized carbons (Fsp3) is 0.136. The molecule has 0 saturated heterocycles. The Bertz CT molecular complexity index is 852. The minimum Gasteiger partial charge on any atom is -0.457 e. The number of amides is 2. The van der Waals surface area contributed by atoms with Gasteiger partial charge in [0.1, 0.15) is 11.5 Å². The smallest absolute Gasteiger partial charge is 0.319 e. The van der Waals surface area contributed by atoms with Gasteiger partial charge in [-0.05, 0) is 48.9 Å². The number of aliphatic hydroxyl groups excluding tert-OH is 1. The van der Waals surface area contributed by atoms with Crippen LogP contribution in [0.2, 0.25) is 0 Å². The van der Waals surface area contributed by atoms with E-state index in [-0.39, 0.29) is 6.03 Å². The number of carbonyl (C=O) groups is 1. The average Bonchev–Trinajstić information content (AvgIpc) is 2.70. The molecular weight excluding hydrogens is 340 g/mol. The molecule has 0 fully saturated rings. The molecule has 3 aromatic rings. The van der Waals surface area contributed by atoms with Crippen molar-refractivity contribution >= 4 is 11.7 Å². The molecule has 0 aliphatic rings. The minimum atomic E-state index is -0.779. The summed E-state index contributed by atoms with van der Waals surface area (Å²) in [5, 5.41) is 15.8. The van der Waals surface area contributed by atoms with Crippen molar-refractivity contribution in [1.29, 1.82) is 0 Å². The Hall–Kier alpha value is -3.31. The topological polar surface area (TPSA) is 70.6 Å².